The van der Waals surface area contributed by atoms with E-state index >= 15 is 0 Å². The van der Waals surface area contributed by atoms with Crippen molar-refractivity contribution in [3.05, 3.63) is 60.1 Å². The van der Waals surface area contributed by atoms with Crippen LogP contribution in [0, 0.1) is 0 Å². The van der Waals surface area contributed by atoms with Crippen LogP contribution in [0.5, 0.6) is 17.2 Å². The summed E-state index contributed by atoms with van der Waals surface area (Å²) in [6, 6.07) is 12.8. The first kappa shape index (κ1) is 19.3. The molecule has 0 aliphatic heterocycles. The molecule has 146 valence electrons. The number of ether oxygens (including phenoxy) is 3. The van der Waals surface area contributed by atoms with E-state index in [0.717, 1.165) is 5.56 Å². The van der Waals surface area contributed by atoms with E-state index in [1.165, 1.54) is 6.39 Å². The fraction of sp³-hybridized carbons (Fsp3) is 0.238. The van der Waals surface area contributed by atoms with Gasteiger partial charge in [-0.2, -0.15) is 0 Å². The Balaban J connectivity index is 1.74. The molecular formula is C21H22N2O5. The molecule has 7 nitrogen and oxygen atoms in total. The van der Waals surface area contributed by atoms with Gasteiger partial charge >= 0.3 is 0 Å². The minimum Gasteiger partial charge on any atom is -0.497 e. The van der Waals surface area contributed by atoms with Crippen molar-refractivity contribution in [3.63, 3.8) is 0 Å². The van der Waals surface area contributed by atoms with Crippen LogP contribution in [0.15, 0.2) is 53.3 Å². The van der Waals surface area contributed by atoms with Crippen LogP contribution in [0.3, 0.4) is 0 Å². The molecule has 0 aliphatic rings. The topological polar surface area (TPSA) is 82.8 Å². The maximum atomic E-state index is 12.6. The Labute approximate surface area is 163 Å². The van der Waals surface area contributed by atoms with Crippen LogP contribution in [0.1, 0.15) is 23.0 Å². The Morgan fingerprint density at radius 3 is 2.71 bits per heavy atom. The smallest absolute Gasteiger partial charge is 0.274 e. The van der Waals surface area contributed by atoms with Crippen LogP contribution in [0.25, 0.3) is 11.3 Å². The Morgan fingerprint density at radius 1 is 1.11 bits per heavy atom. The normalized spacial score (nSPS) is 10.4. The maximum absolute atomic E-state index is 12.6. The predicted molar refractivity (Wildman–Crippen MR) is 104 cm³/mol. The zero-order chi connectivity index (χ0) is 19.9. The third-order valence-electron chi connectivity index (χ3n) is 4.10. The van der Waals surface area contributed by atoms with Gasteiger partial charge in [-0.25, -0.2) is 4.98 Å². The molecule has 2 aromatic carbocycles. The summed E-state index contributed by atoms with van der Waals surface area (Å²) in [5.74, 6) is 2.01. The van der Waals surface area contributed by atoms with Gasteiger partial charge in [0.2, 0.25) is 0 Å². The minimum absolute atomic E-state index is 0.215. The van der Waals surface area contributed by atoms with Gasteiger partial charge in [-0.05, 0) is 36.8 Å². The lowest BCUT2D eigenvalue weighted by Crippen LogP contribution is -2.23. The van der Waals surface area contributed by atoms with Gasteiger partial charge in [-0.15, -0.1) is 0 Å². The average Bonchev–Trinajstić information content (AvgIpc) is 3.22. The minimum atomic E-state index is -0.333. The second kappa shape index (κ2) is 8.94. The van der Waals surface area contributed by atoms with Crippen molar-refractivity contribution in [2.45, 2.75) is 13.5 Å². The van der Waals surface area contributed by atoms with Crippen LogP contribution in [0.4, 0.5) is 0 Å². The van der Waals surface area contributed by atoms with Gasteiger partial charge < -0.3 is 23.9 Å². The number of benzene rings is 2. The van der Waals surface area contributed by atoms with E-state index in [4.69, 9.17) is 18.6 Å². The molecule has 0 atom stereocenters. The number of oxazole rings is 1. The molecule has 0 bridgehead atoms. The highest BCUT2D eigenvalue weighted by molar-refractivity contribution is 5.97. The van der Waals surface area contributed by atoms with Gasteiger partial charge in [0.05, 0.1) is 20.8 Å². The summed E-state index contributed by atoms with van der Waals surface area (Å²) < 4.78 is 21.5. The van der Waals surface area contributed by atoms with E-state index in [1.807, 2.05) is 43.3 Å². The van der Waals surface area contributed by atoms with Gasteiger partial charge in [0, 0.05) is 12.1 Å². The summed E-state index contributed by atoms with van der Waals surface area (Å²) in [6.45, 7) is 2.74. The second-order valence-electron chi connectivity index (χ2n) is 5.86. The third kappa shape index (κ3) is 4.25. The number of carbonyl (C=O) groups excluding carboxylic acids is 1. The van der Waals surface area contributed by atoms with Crippen molar-refractivity contribution in [1.82, 2.24) is 10.3 Å². The molecule has 0 fully saturated rings. The standard InChI is InChI=1S/C21H22N2O5/c1-4-27-18-10-14(8-9-17(18)26-3)12-22-21(24)19-20(28-13-23-19)15-6-5-7-16(11-15)25-2/h5-11,13H,4,12H2,1-3H3,(H,22,24). The average molecular weight is 382 g/mol. The first-order valence-corrected chi connectivity index (χ1v) is 8.82. The number of rotatable bonds is 8. The molecule has 0 saturated carbocycles. The highest BCUT2D eigenvalue weighted by atomic mass is 16.5. The summed E-state index contributed by atoms with van der Waals surface area (Å²) in [4.78, 5) is 16.7. The monoisotopic (exact) mass is 382 g/mol. The zero-order valence-electron chi connectivity index (χ0n) is 16.0. The van der Waals surface area contributed by atoms with Crippen molar-refractivity contribution in [1.29, 1.82) is 0 Å². The number of methoxy groups -OCH3 is 2. The Bertz CT molecular complexity index is 951. The molecule has 0 aliphatic carbocycles. The van der Waals surface area contributed by atoms with Crippen LogP contribution in [-0.2, 0) is 6.54 Å². The second-order valence-corrected chi connectivity index (χ2v) is 5.86. The number of aromatic nitrogens is 1. The first-order chi connectivity index (χ1) is 13.7. The molecule has 3 aromatic rings. The number of hydrogen-bond donors (Lipinski definition) is 1. The van der Waals surface area contributed by atoms with Gasteiger partial charge in [-0.1, -0.05) is 18.2 Å². The summed E-state index contributed by atoms with van der Waals surface area (Å²) in [5, 5.41) is 2.86. The van der Waals surface area contributed by atoms with Crippen molar-refractivity contribution in [2.75, 3.05) is 20.8 Å². The zero-order valence-corrected chi connectivity index (χ0v) is 16.0. The molecular weight excluding hydrogens is 360 g/mol. The van der Waals surface area contributed by atoms with Gasteiger partial charge in [-0.3, -0.25) is 4.79 Å². The molecule has 7 heteroatoms. The lowest BCUT2D eigenvalue weighted by molar-refractivity contribution is 0.0946. The van der Waals surface area contributed by atoms with E-state index < -0.39 is 0 Å². The van der Waals surface area contributed by atoms with Crippen LogP contribution < -0.4 is 19.5 Å². The molecule has 28 heavy (non-hydrogen) atoms. The quantitative estimate of drug-likeness (QED) is 0.640. The SMILES string of the molecule is CCOc1cc(CNC(=O)c2ncoc2-c2cccc(OC)c2)ccc1OC. The van der Waals surface area contributed by atoms with E-state index in [0.29, 0.717) is 41.7 Å². The molecule has 0 spiro atoms. The summed E-state index contributed by atoms with van der Waals surface area (Å²) in [7, 11) is 3.17. The van der Waals surface area contributed by atoms with Gasteiger partial charge in [0.1, 0.15) is 5.75 Å². The molecule has 0 unspecified atom stereocenters. The number of hydrogen-bond acceptors (Lipinski definition) is 6. The van der Waals surface area contributed by atoms with E-state index in [-0.39, 0.29) is 11.6 Å². The van der Waals surface area contributed by atoms with Crippen molar-refractivity contribution >= 4 is 5.91 Å². The molecule has 1 heterocycles. The number of nitrogens with zero attached hydrogens (tertiary/aromatic N) is 1. The van der Waals surface area contributed by atoms with Crippen LogP contribution in [0.2, 0.25) is 0 Å². The number of nitrogens with one attached hydrogen (secondary N) is 1. The third-order valence-corrected chi connectivity index (χ3v) is 4.10. The predicted octanol–water partition coefficient (Wildman–Crippen LogP) is 3.69. The summed E-state index contributed by atoms with van der Waals surface area (Å²) in [6.07, 6.45) is 1.25. The van der Waals surface area contributed by atoms with Crippen molar-refractivity contribution < 1.29 is 23.4 Å². The number of amides is 1. The molecule has 1 aromatic heterocycles. The van der Waals surface area contributed by atoms with Crippen LogP contribution >= 0.6 is 0 Å². The largest absolute Gasteiger partial charge is 0.497 e. The highest BCUT2D eigenvalue weighted by Gasteiger charge is 2.18. The molecule has 1 amide bonds. The lowest BCUT2D eigenvalue weighted by atomic mass is 10.1. The summed E-state index contributed by atoms with van der Waals surface area (Å²) in [5.41, 5.74) is 1.81. The van der Waals surface area contributed by atoms with Gasteiger partial charge in [0.15, 0.2) is 29.3 Å². The highest BCUT2D eigenvalue weighted by Crippen LogP contribution is 2.29. The molecule has 3 rings (SSSR count). The van der Waals surface area contributed by atoms with E-state index in [1.54, 1.807) is 20.3 Å². The van der Waals surface area contributed by atoms with Crippen molar-refractivity contribution in [3.8, 4) is 28.6 Å². The van der Waals surface area contributed by atoms with Crippen molar-refractivity contribution in [2.24, 2.45) is 0 Å². The van der Waals surface area contributed by atoms with E-state index in [9.17, 15) is 4.79 Å². The fourth-order valence-corrected chi connectivity index (χ4v) is 2.74. The van der Waals surface area contributed by atoms with E-state index in [2.05, 4.69) is 10.3 Å². The molecule has 0 radical (unpaired) electrons. The number of carbonyl (C=O) groups is 1. The lowest BCUT2D eigenvalue weighted by Gasteiger charge is -2.11. The summed E-state index contributed by atoms with van der Waals surface area (Å²) >= 11 is 0. The molecule has 0 saturated heterocycles. The van der Waals surface area contributed by atoms with Crippen LogP contribution in [-0.4, -0.2) is 31.7 Å². The maximum Gasteiger partial charge on any atom is 0.274 e. The fourth-order valence-electron chi connectivity index (χ4n) is 2.74. The molecule has 1 N–H and O–H groups in total. The Morgan fingerprint density at radius 2 is 1.96 bits per heavy atom. The Hall–Kier alpha value is -3.48. The Kier molecular flexibility index (Phi) is 6.16. The first-order valence-electron chi connectivity index (χ1n) is 8.82. The van der Waals surface area contributed by atoms with Gasteiger partial charge in [0.25, 0.3) is 5.91 Å².